The normalized spacial score (nSPS) is 10.6. The number of halogens is 4. The number of carboxylic acid groups (broad SMARTS) is 1. The Bertz CT molecular complexity index is 420. The van der Waals surface area contributed by atoms with Crippen molar-refractivity contribution in [1.82, 2.24) is 0 Å². The molecule has 0 heterocycles. The number of rotatable bonds is 3. The van der Waals surface area contributed by atoms with Crippen molar-refractivity contribution in [2.45, 2.75) is 6.61 Å². The van der Waals surface area contributed by atoms with Crippen LogP contribution >= 0.6 is 0 Å². The third kappa shape index (κ3) is 1.84. The van der Waals surface area contributed by atoms with E-state index in [0.29, 0.717) is 0 Å². The standard InChI is InChI=1S/C8H5F4NO3/c9-4-2(1-16-13)5(10)7(12)3(6(4)11)8(14)15/h1,13H2,(H,14,15). The van der Waals surface area contributed by atoms with Gasteiger partial charge in [-0.25, -0.2) is 28.3 Å². The number of hydrogen-bond donors (Lipinski definition) is 2. The molecule has 3 N–H and O–H groups in total. The highest BCUT2D eigenvalue weighted by Gasteiger charge is 2.28. The third-order valence-electron chi connectivity index (χ3n) is 1.80. The van der Waals surface area contributed by atoms with Crippen molar-refractivity contribution >= 4 is 5.97 Å². The van der Waals surface area contributed by atoms with E-state index in [-0.39, 0.29) is 0 Å². The molecule has 1 aromatic rings. The Morgan fingerprint density at radius 3 is 1.88 bits per heavy atom. The summed E-state index contributed by atoms with van der Waals surface area (Å²) in [5, 5.41) is 8.35. The molecule has 0 spiro atoms. The van der Waals surface area contributed by atoms with Crippen molar-refractivity contribution in [3.63, 3.8) is 0 Å². The molecule has 0 bridgehead atoms. The van der Waals surface area contributed by atoms with Crippen molar-refractivity contribution in [3.8, 4) is 0 Å². The molecule has 0 fully saturated rings. The molecule has 0 unspecified atom stereocenters. The van der Waals surface area contributed by atoms with Gasteiger partial charge >= 0.3 is 5.97 Å². The van der Waals surface area contributed by atoms with Crippen LogP contribution in [0.5, 0.6) is 0 Å². The fourth-order valence-corrected chi connectivity index (χ4v) is 1.07. The molecule has 0 radical (unpaired) electrons. The van der Waals surface area contributed by atoms with Crippen LogP contribution in [0, 0.1) is 23.3 Å². The van der Waals surface area contributed by atoms with Gasteiger partial charge < -0.3 is 5.11 Å². The summed E-state index contributed by atoms with van der Waals surface area (Å²) in [6.45, 7) is -0.925. The topological polar surface area (TPSA) is 72.5 Å². The van der Waals surface area contributed by atoms with Gasteiger partial charge in [-0.2, -0.15) is 0 Å². The van der Waals surface area contributed by atoms with Crippen LogP contribution in [0.3, 0.4) is 0 Å². The number of carbonyl (C=O) groups is 1. The monoisotopic (exact) mass is 239 g/mol. The molecule has 88 valence electrons. The number of nitrogens with two attached hydrogens (primary N) is 1. The molecule has 1 aromatic carbocycles. The summed E-state index contributed by atoms with van der Waals surface area (Å²) in [5.74, 6) is -5.31. The first-order valence-electron chi connectivity index (χ1n) is 3.81. The molecule has 0 aliphatic rings. The van der Waals surface area contributed by atoms with Crippen molar-refractivity contribution in [2.75, 3.05) is 0 Å². The summed E-state index contributed by atoms with van der Waals surface area (Å²) in [5.41, 5.74) is -2.81. The van der Waals surface area contributed by atoms with Gasteiger partial charge in [0.2, 0.25) is 0 Å². The lowest BCUT2D eigenvalue weighted by Crippen LogP contribution is -2.14. The number of aromatic carboxylic acids is 1. The van der Waals surface area contributed by atoms with Crippen LogP contribution in [0.2, 0.25) is 0 Å². The van der Waals surface area contributed by atoms with Gasteiger partial charge in [0.1, 0.15) is 5.56 Å². The lowest BCUT2D eigenvalue weighted by molar-refractivity contribution is 0.0681. The first-order chi connectivity index (χ1) is 7.41. The second kappa shape index (κ2) is 4.45. The Morgan fingerprint density at radius 1 is 1.12 bits per heavy atom. The molecule has 0 aromatic heterocycles. The Kier molecular flexibility index (Phi) is 3.45. The molecule has 0 atom stereocenters. The van der Waals surface area contributed by atoms with Gasteiger partial charge in [-0.3, -0.25) is 4.84 Å². The quantitative estimate of drug-likeness (QED) is 0.474. The smallest absolute Gasteiger partial charge is 0.341 e. The van der Waals surface area contributed by atoms with E-state index < -0.39 is 47.0 Å². The predicted molar refractivity (Wildman–Crippen MR) is 42.2 cm³/mol. The summed E-state index contributed by atoms with van der Waals surface area (Å²) >= 11 is 0. The van der Waals surface area contributed by atoms with Crippen molar-refractivity contribution < 1.29 is 32.3 Å². The second-order valence-corrected chi connectivity index (χ2v) is 2.73. The van der Waals surface area contributed by atoms with E-state index in [9.17, 15) is 22.4 Å². The highest BCUT2D eigenvalue weighted by atomic mass is 19.2. The molecule has 0 saturated heterocycles. The van der Waals surface area contributed by atoms with E-state index in [1.54, 1.807) is 0 Å². The summed E-state index contributed by atoms with van der Waals surface area (Å²) in [4.78, 5) is 14.2. The Morgan fingerprint density at radius 2 is 1.56 bits per heavy atom. The summed E-state index contributed by atoms with van der Waals surface area (Å²) in [7, 11) is 0. The van der Waals surface area contributed by atoms with E-state index in [4.69, 9.17) is 5.11 Å². The molecule has 0 aliphatic carbocycles. The van der Waals surface area contributed by atoms with E-state index in [1.807, 2.05) is 0 Å². The first kappa shape index (κ1) is 12.4. The molecule has 0 amide bonds. The average molecular weight is 239 g/mol. The van der Waals surface area contributed by atoms with Crippen LogP contribution in [-0.2, 0) is 11.4 Å². The largest absolute Gasteiger partial charge is 0.477 e. The van der Waals surface area contributed by atoms with Gasteiger partial charge in [-0.05, 0) is 0 Å². The van der Waals surface area contributed by atoms with Crippen LogP contribution in [-0.4, -0.2) is 11.1 Å². The molecule has 8 heteroatoms. The van der Waals surface area contributed by atoms with Gasteiger partial charge in [0.15, 0.2) is 23.3 Å². The van der Waals surface area contributed by atoms with Crippen LogP contribution in [0.4, 0.5) is 17.6 Å². The Balaban J connectivity index is 3.56. The second-order valence-electron chi connectivity index (χ2n) is 2.73. The maximum atomic E-state index is 13.1. The molecule has 0 saturated carbocycles. The van der Waals surface area contributed by atoms with Crippen LogP contribution in [0.1, 0.15) is 15.9 Å². The van der Waals surface area contributed by atoms with Crippen molar-refractivity contribution in [2.24, 2.45) is 5.90 Å². The van der Waals surface area contributed by atoms with E-state index in [0.717, 1.165) is 0 Å². The number of carboxylic acids is 1. The van der Waals surface area contributed by atoms with Crippen molar-refractivity contribution in [1.29, 1.82) is 0 Å². The summed E-state index contributed by atoms with van der Waals surface area (Å²) < 4.78 is 52.2. The van der Waals surface area contributed by atoms with Gasteiger partial charge in [0.25, 0.3) is 0 Å². The molecule has 4 nitrogen and oxygen atoms in total. The predicted octanol–water partition coefficient (Wildman–Crippen LogP) is 1.33. The van der Waals surface area contributed by atoms with E-state index in [1.165, 1.54) is 0 Å². The average Bonchev–Trinajstić information content (AvgIpc) is 2.21. The minimum Gasteiger partial charge on any atom is -0.477 e. The van der Waals surface area contributed by atoms with Crippen LogP contribution in [0.25, 0.3) is 0 Å². The highest BCUT2D eigenvalue weighted by molar-refractivity contribution is 5.88. The molecular weight excluding hydrogens is 234 g/mol. The maximum absolute atomic E-state index is 13.1. The summed E-state index contributed by atoms with van der Waals surface area (Å²) in [6.07, 6.45) is 0. The fraction of sp³-hybridized carbons (Fsp3) is 0.125. The number of hydrogen-bond acceptors (Lipinski definition) is 3. The SMILES string of the molecule is NOCc1c(F)c(F)c(C(=O)O)c(F)c1F. The van der Waals surface area contributed by atoms with Gasteiger partial charge in [-0.1, -0.05) is 0 Å². The van der Waals surface area contributed by atoms with Crippen LogP contribution < -0.4 is 5.90 Å². The zero-order chi connectivity index (χ0) is 12.5. The molecule has 0 aliphatic heterocycles. The lowest BCUT2D eigenvalue weighted by Gasteiger charge is -2.08. The Labute approximate surface area is 86.2 Å². The fourth-order valence-electron chi connectivity index (χ4n) is 1.07. The van der Waals surface area contributed by atoms with E-state index >= 15 is 0 Å². The molecular formula is C8H5F4NO3. The molecule has 1 rings (SSSR count). The number of benzene rings is 1. The van der Waals surface area contributed by atoms with Crippen molar-refractivity contribution in [3.05, 3.63) is 34.4 Å². The highest BCUT2D eigenvalue weighted by Crippen LogP contribution is 2.24. The zero-order valence-electron chi connectivity index (χ0n) is 7.56. The minimum atomic E-state index is -2.12. The third-order valence-corrected chi connectivity index (χ3v) is 1.80. The van der Waals surface area contributed by atoms with Gasteiger partial charge in [0, 0.05) is 0 Å². The van der Waals surface area contributed by atoms with E-state index in [2.05, 4.69) is 10.7 Å². The Hall–Kier alpha value is -1.67. The summed E-state index contributed by atoms with van der Waals surface area (Å²) in [6, 6.07) is 0. The lowest BCUT2D eigenvalue weighted by atomic mass is 10.1. The molecule has 16 heavy (non-hydrogen) atoms. The minimum absolute atomic E-state index is 0.925. The zero-order valence-corrected chi connectivity index (χ0v) is 7.56. The first-order valence-corrected chi connectivity index (χ1v) is 3.81. The van der Waals surface area contributed by atoms with Gasteiger partial charge in [0.05, 0.1) is 12.2 Å². The van der Waals surface area contributed by atoms with Crippen LogP contribution in [0.15, 0.2) is 0 Å². The maximum Gasteiger partial charge on any atom is 0.341 e. The van der Waals surface area contributed by atoms with Gasteiger partial charge in [-0.15, -0.1) is 0 Å².